The van der Waals surface area contributed by atoms with Gasteiger partial charge >= 0.3 is 6.09 Å². The minimum absolute atomic E-state index is 0.000724. The van der Waals surface area contributed by atoms with Gasteiger partial charge in [0.25, 0.3) is 0 Å². The lowest BCUT2D eigenvalue weighted by Gasteiger charge is -2.37. The third kappa shape index (κ3) is 4.51. The molecule has 1 aromatic rings. The van der Waals surface area contributed by atoms with Crippen molar-refractivity contribution in [2.45, 2.75) is 46.1 Å². The minimum atomic E-state index is -0.490. The Labute approximate surface area is 167 Å². The molecule has 154 valence electrons. The van der Waals surface area contributed by atoms with Gasteiger partial charge in [-0.05, 0) is 45.2 Å². The van der Waals surface area contributed by atoms with Crippen molar-refractivity contribution in [1.29, 1.82) is 0 Å². The second-order valence-corrected chi connectivity index (χ2v) is 8.56. The summed E-state index contributed by atoms with van der Waals surface area (Å²) in [5.74, 6) is 0.790. The lowest BCUT2D eigenvalue weighted by molar-refractivity contribution is -0.119. The van der Waals surface area contributed by atoms with Crippen LogP contribution in [0.25, 0.3) is 0 Å². The molecular formula is C21H31N3O4. The molecule has 1 fully saturated rings. The highest BCUT2D eigenvalue weighted by Crippen LogP contribution is 2.37. The summed E-state index contributed by atoms with van der Waals surface area (Å²) >= 11 is 0. The third-order valence-electron chi connectivity index (χ3n) is 5.23. The molecule has 2 aliphatic heterocycles. The van der Waals surface area contributed by atoms with Crippen LogP contribution in [0.1, 0.15) is 39.7 Å². The van der Waals surface area contributed by atoms with Crippen LogP contribution in [0.2, 0.25) is 0 Å². The van der Waals surface area contributed by atoms with E-state index in [0.29, 0.717) is 26.2 Å². The number of amides is 2. The van der Waals surface area contributed by atoms with Gasteiger partial charge in [-0.2, -0.15) is 0 Å². The molecule has 2 aliphatic rings. The summed E-state index contributed by atoms with van der Waals surface area (Å²) in [4.78, 5) is 28.4. The first-order valence-corrected chi connectivity index (χ1v) is 9.92. The van der Waals surface area contributed by atoms with E-state index in [4.69, 9.17) is 9.47 Å². The standard InChI is InChI=1S/C21H31N3O4/c1-14-6-7-15-12-17(18(27-5)13-16(15)22-19(14)25)23-8-10-24(11-9-23)20(26)28-21(2,3)4/h12-14H,6-11H2,1-5H3,(H,22,25). The molecule has 0 saturated carbocycles. The second kappa shape index (κ2) is 7.89. The molecule has 1 aromatic carbocycles. The Hall–Kier alpha value is -2.44. The van der Waals surface area contributed by atoms with E-state index in [9.17, 15) is 9.59 Å². The topological polar surface area (TPSA) is 71.1 Å². The maximum absolute atomic E-state index is 12.3. The predicted octanol–water partition coefficient (Wildman–Crippen LogP) is 3.27. The molecular weight excluding hydrogens is 358 g/mol. The van der Waals surface area contributed by atoms with E-state index in [1.807, 2.05) is 33.8 Å². The molecule has 0 radical (unpaired) electrons. The largest absolute Gasteiger partial charge is 0.495 e. The quantitative estimate of drug-likeness (QED) is 0.841. The summed E-state index contributed by atoms with van der Waals surface area (Å²) in [5.41, 5.74) is 2.48. The van der Waals surface area contributed by atoms with Crippen LogP contribution >= 0.6 is 0 Å². The zero-order valence-electron chi connectivity index (χ0n) is 17.5. The Bertz CT molecular complexity index is 749. The van der Waals surface area contributed by atoms with Crippen LogP contribution in [-0.4, -0.2) is 55.8 Å². The van der Waals surface area contributed by atoms with Crippen molar-refractivity contribution >= 4 is 23.4 Å². The molecule has 0 bridgehead atoms. The normalized spacial score (nSPS) is 20.2. The van der Waals surface area contributed by atoms with Gasteiger partial charge in [-0.1, -0.05) is 6.92 Å². The van der Waals surface area contributed by atoms with Crippen LogP contribution in [0.3, 0.4) is 0 Å². The number of benzene rings is 1. The maximum atomic E-state index is 12.3. The van der Waals surface area contributed by atoms with Crippen molar-refractivity contribution in [3.8, 4) is 5.75 Å². The number of piperazine rings is 1. The highest BCUT2D eigenvalue weighted by molar-refractivity contribution is 5.94. The van der Waals surface area contributed by atoms with E-state index >= 15 is 0 Å². The average Bonchev–Trinajstić information content (AvgIpc) is 2.78. The van der Waals surface area contributed by atoms with Crippen LogP contribution in [0.5, 0.6) is 5.75 Å². The third-order valence-corrected chi connectivity index (χ3v) is 5.23. The number of anilines is 2. The van der Waals surface area contributed by atoms with Gasteiger partial charge in [0.1, 0.15) is 11.4 Å². The molecule has 1 unspecified atom stereocenters. The van der Waals surface area contributed by atoms with Gasteiger partial charge in [0.15, 0.2) is 0 Å². The number of nitrogens with zero attached hydrogens (tertiary/aromatic N) is 2. The smallest absolute Gasteiger partial charge is 0.410 e. The number of fused-ring (bicyclic) bond motifs is 1. The fourth-order valence-electron chi connectivity index (χ4n) is 3.56. The lowest BCUT2D eigenvalue weighted by Crippen LogP contribution is -2.50. The number of hydrogen-bond acceptors (Lipinski definition) is 5. The Morgan fingerprint density at radius 2 is 1.86 bits per heavy atom. The number of carbonyl (C=O) groups is 2. The molecule has 0 aliphatic carbocycles. The number of methoxy groups -OCH3 is 1. The SMILES string of the molecule is COc1cc2c(cc1N1CCN(C(=O)OC(C)(C)C)CC1)CCC(C)C(=O)N2. The fourth-order valence-corrected chi connectivity index (χ4v) is 3.56. The summed E-state index contributed by atoms with van der Waals surface area (Å²) in [6.07, 6.45) is 1.42. The molecule has 7 heteroatoms. The molecule has 3 rings (SSSR count). The van der Waals surface area contributed by atoms with Crippen molar-refractivity contribution < 1.29 is 19.1 Å². The van der Waals surface area contributed by atoms with Crippen molar-refractivity contribution in [3.05, 3.63) is 17.7 Å². The van der Waals surface area contributed by atoms with E-state index in [1.165, 1.54) is 0 Å². The van der Waals surface area contributed by atoms with E-state index in [-0.39, 0.29) is 17.9 Å². The Balaban J connectivity index is 1.74. The highest BCUT2D eigenvalue weighted by atomic mass is 16.6. The van der Waals surface area contributed by atoms with Crippen molar-refractivity contribution in [2.75, 3.05) is 43.5 Å². The molecule has 1 saturated heterocycles. The van der Waals surface area contributed by atoms with Gasteiger partial charge in [-0.15, -0.1) is 0 Å². The van der Waals surface area contributed by atoms with Crippen molar-refractivity contribution in [1.82, 2.24) is 4.90 Å². The number of rotatable bonds is 2. The van der Waals surface area contributed by atoms with E-state index in [1.54, 1.807) is 12.0 Å². The molecule has 28 heavy (non-hydrogen) atoms. The molecule has 7 nitrogen and oxygen atoms in total. The number of hydrogen-bond donors (Lipinski definition) is 1. The maximum Gasteiger partial charge on any atom is 0.410 e. The molecule has 2 amide bonds. The van der Waals surface area contributed by atoms with E-state index in [2.05, 4.69) is 16.3 Å². The summed E-state index contributed by atoms with van der Waals surface area (Å²) in [6.45, 7) is 10.2. The van der Waals surface area contributed by atoms with Crippen LogP contribution in [0, 0.1) is 5.92 Å². The second-order valence-electron chi connectivity index (χ2n) is 8.56. The monoisotopic (exact) mass is 389 g/mol. The van der Waals surface area contributed by atoms with Crippen molar-refractivity contribution in [3.63, 3.8) is 0 Å². The number of aryl methyl sites for hydroxylation is 1. The first-order valence-electron chi connectivity index (χ1n) is 9.92. The predicted molar refractivity (Wildman–Crippen MR) is 109 cm³/mol. The molecule has 1 atom stereocenters. The molecule has 0 aromatic heterocycles. The first-order chi connectivity index (χ1) is 13.2. The number of carbonyl (C=O) groups excluding carboxylic acids is 2. The van der Waals surface area contributed by atoms with Gasteiger partial charge in [0.05, 0.1) is 12.8 Å². The van der Waals surface area contributed by atoms with Gasteiger partial charge in [0.2, 0.25) is 5.91 Å². The number of nitrogens with one attached hydrogen (secondary N) is 1. The Kier molecular flexibility index (Phi) is 5.72. The summed E-state index contributed by atoms with van der Waals surface area (Å²) < 4.78 is 11.1. The zero-order chi connectivity index (χ0) is 20.5. The van der Waals surface area contributed by atoms with E-state index < -0.39 is 5.60 Å². The Morgan fingerprint density at radius 3 is 2.46 bits per heavy atom. The summed E-state index contributed by atoms with van der Waals surface area (Å²) in [6, 6.07) is 4.04. The van der Waals surface area contributed by atoms with Crippen LogP contribution in [0.15, 0.2) is 12.1 Å². The van der Waals surface area contributed by atoms with Crippen LogP contribution in [-0.2, 0) is 16.0 Å². The van der Waals surface area contributed by atoms with Gasteiger partial charge in [-0.3, -0.25) is 4.79 Å². The molecule has 0 spiro atoms. The molecule has 1 N–H and O–H groups in total. The van der Waals surface area contributed by atoms with Crippen molar-refractivity contribution in [2.24, 2.45) is 5.92 Å². The van der Waals surface area contributed by atoms with Crippen LogP contribution in [0.4, 0.5) is 16.2 Å². The first kappa shape index (κ1) is 20.3. The average molecular weight is 389 g/mol. The summed E-state index contributed by atoms with van der Waals surface area (Å²) in [7, 11) is 1.64. The van der Waals surface area contributed by atoms with E-state index in [0.717, 1.165) is 35.5 Å². The number of ether oxygens (including phenoxy) is 2. The van der Waals surface area contributed by atoms with Crippen LogP contribution < -0.4 is 15.0 Å². The Morgan fingerprint density at radius 1 is 1.18 bits per heavy atom. The fraction of sp³-hybridized carbons (Fsp3) is 0.619. The minimum Gasteiger partial charge on any atom is -0.495 e. The van der Waals surface area contributed by atoms with Gasteiger partial charge in [-0.25, -0.2) is 4.79 Å². The van der Waals surface area contributed by atoms with Gasteiger partial charge in [0, 0.05) is 43.9 Å². The molecule has 2 heterocycles. The lowest BCUT2D eigenvalue weighted by atomic mass is 10.0. The summed E-state index contributed by atoms with van der Waals surface area (Å²) in [5, 5.41) is 3.01. The zero-order valence-corrected chi connectivity index (χ0v) is 17.5. The van der Waals surface area contributed by atoms with Gasteiger partial charge < -0.3 is 24.6 Å². The highest BCUT2D eigenvalue weighted by Gasteiger charge is 2.28.